The van der Waals surface area contributed by atoms with Crippen LogP contribution in [-0.4, -0.2) is 59.3 Å². The Hall–Kier alpha value is -3.84. The first-order chi connectivity index (χ1) is 17.5. The molecule has 6 nitrogen and oxygen atoms in total. The van der Waals surface area contributed by atoms with Gasteiger partial charge < -0.3 is 19.7 Å². The molecule has 0 spiro atoms. The number of hydrogen-bond donors (Lipinski definition) is 1. The smallest absolute Gasteiger partial charge is 0.255 e. The van der Waals surface area contributed by atoms with E-state index in [1.807, 2.05) is 60.4 Å². The lowest BCUT2D eigenvalue weighted by atomic mass is 9.95. The number of H-pyrrole nitrogens is 1. The van der Waals surface area contributed by atoms with Gasteiger partial charge in [0.1, 0.15) is 12.4 Å². The number of benzene rings is 3. The lowest BCUT2D eigenvalue weighted by Crippen LogP contribution is -2.51. The molecule has 0 aliphatic carbocycles. The Balaban J connectivity index is 0.00000280. The van der Waals surface area contributed by atoms with Gasteiger partial charge in [-0.2, -0.15) is 0 Å². The summed E-state index contributed by atoms with van der Waals surface area (Å²) in [6.45, 7) is 4.08. The van der Waals surface area contributed by atoms with E-state index in [0.717, 1.165) is 27.7 Å². The molecule has 2 amide bonds. The van der Waals surface area contributed by atoms with Crippen molar-refractivity contribution < 1.29 is 14.0 Å². The van der Waals surface area contributed by atoms with Crippen LogP contribution < -0.4 is 4.90 Å². The summed E-state index contributed by atoms with van der Waals surface area (Å²) in [6.07, 6.45) is 0. The molecular weight excluding hydrogens is 491 g/mol. The summed E-state index contributed by atoms with van der Waals surface area (Å²) in [5.74, 6) is -0.472. The molecule has 3 heterocycles. The van der Waals surface area contributed by atoms with Crippen molar-refractivity contribution >= 4 is 40.8 Å². The summed E-state index contributed by atoms with van der Waals surface area (Å²) in [4.78, 5) is 35.9. The van der Waals surface area contributed by atoms with Crippen molar-refractivity contribution in [2.45, 2.75) is 13.0 Å². The number of nitrogens with zero attached hydrogens (tertiary/aromatic N) is 3. The van der Waals surface area contributed by atoms with Crippen LogP contribution in [0.1, 0.15) is 33.2 Å². The number of aromatic nitrogens is 1. The number of rotatable bonds is 4. The third-order valence-corrected chi connectivity index (χ3v) is 7.41. The molecule has 6 rings (SSSR count). The number of anilines is 1. The predicted octanol–water partition coefficient (Wildman–Crippen LogP) is 4.93. The predicted molar refractivity (Wildman–Crippen MR) is 145 cm³/mol. The second-order valence-corrected chi connectivity index (χ2v) is 9.45. The van der Waals surface area contributed by atoms with Crippen LogP contribution in [0.3, 0.4) is 0 Å². The van der Waals surface area contributed by atoms with Gasteiger partial charge in [0.05, 0.1) is 11.7 Å². The van der Waals surface area contributed by atoms with Gasteiger partial charge in [0.2, 0.25) is 5.91 Å². The largest absolute Gasteiger partial charge is 0.366 e. The third-order valence-electron chi connectivity index (χ3n) is 7.41. The Morgan fingerprint density at radius 3 is 2.41 bits per heavy atom. The molecule has 8 heteroatoms. The number of aromatic amines is 1. The van der Waals surface area contributed by atoms with Crippen molar-refractivity contribution in [1.82, 2.24) is 14.8 Å². The van der Waals surface area contributed by atoms with Crippen molar-refractivity contribution in [3.8, 4) is 0 Å². The third kappa shape index (κ3) is 4.23. The van der Waals surface area contributed by atoms with Crippen LogP contribution in [0.2, 0.25) is 0 Å². The normalized spacial score (nSPS) is 17.2. The lowest BCUT2D eigenvalue weighted by Gasteiger charge is -2.37. The van der Waals surface area contributed by atoms with E-state index in [1.165, 1.54) is 6.07 Å². The highest BCUT2D eigenvalue weighted by molar-refractivity contribution is 6.02. The molecule has 0 radical (unpaired) electrons. The second kappa shape index (κ2) is 9.90. The van der Waals surface area contributed by atoms with Gasteiger partial charge in [-0.1, -0.05) is 48.5 Å². The minimum atomic E-state index is -0.339. The van der Waals surface area contributed by atoms with Gasteiger partial charge >= 0.3 is 0 Å². The molecule has 1 aromatic heterocycles. The van der Waals surface area contributed by atoms with Crippen LogP contribution in [-0.2, 0) is 4.79 Å². The fraction of sp³-hybridized carbons (Fsp3) is 0.241. The lowest BCUT2D eigenvalue weighted by molar-refractivity contribution is -0.132. The van der Waals surface area contributed by atoms with E-state index in [1.54, 1.807) is 21.9 Å². The zero-order chi connectivity index (χ0) is 24.8. The van der Waals surface area contributed by atoms with Gasteiger partial charge in [-0.15, -0.1) is 12.4 Å². The Labute approximate surface area is 221 Å². The number of nitrogens with one attached hydrogen (secondary N) is 1. The highest BCUT2D eigenvalue weighted by atomic mass is 35.5. The fourth-order valence-corrected chi connectivity index (χ4v) is 5.65. The molecular formula is C29H28ClFN4O2. The first-order valence-corrected chi connectivity index (χ1v) is 12.3. The number of hydrogen-bond acceptors (Lipinski definition) is 3. The molecule has 1 unspecified atom stereocenters. The van der Waals surface area contributed by atoms with E-state index in [2.05, 4.69) is 11.1 Å². The molecule has 2 aliphatic heterocycles. The molecule has 190 valence electrons. The molecule has 1 atom stereocenters. The van der Waals surface area contributed by atoms with Gasteiger partial charge in [0.15, 0.2) is 0 Å². The topological polar surface area (TPSA) is 59.7 Å². The first kappa shape index (κ1) is 24.8. The molecule has 1 fully saturated rings. The number of amides is 2. The number of para-hydroxylation sites is 2. The number of carbonyl (C=O) groups is 2. The van der Waals surface area contributed by atoms with Crippen molar-refractivity contribution in [3.05, 3.63) is 101 Å². The molecule has 3 aromatic carbocycles. The monoisotopic (exact) mass is 518 g/mol. The van der Waals surface area contributed by atoms with Crippen LogP contribution in [0.5, 0.6) is 0 Å². The Morgan fingerprint density at radius 2 is 1.62 bits per heavy atom. The molecule has 1 saturated heterocycles. The van der Waals surface area contributed by atoms with Crippen molar-refractivity contribution in [2.24, 2.45) is 0 Å². The van der Waals surface area contributed by atoms with Crippen molar-refractivity contribution in [2.75, 3.05) is 37.6 Å². The van der Waals surface area contributed by atoms with Gasteiger partial charge in [-0.25, -0.2) is 4.39 Å². The first-order valence-electron chi connectivity index (χ1n) is 12.3. The number of fused-ring (bicyclic) bond motifs is 2. The Bertz CT molecular complexity index is 1480. The van der Waals surface area contributed by atoms with Gasteiger partial charge in [0, 0.05) is 53.9 Å². The zero-order valence-electron chi connectivity index (χ0n) is 20.5. The maximum atomic E-state index is 14.2. The number of aryl methyl sites for hydroxylation is 1. The van der Waals surface area contributed by atoms with E-state index < -0.39 is 0 Å². The summed E-state index contributed by atoms with van der Waals surface area (Å²) in [5.41, 5.74) is 5.15. The van der Waals surface area contributed by atoms with E-state index in [-0.39, 0.29) is 42.6 Å². The molecule has 4 aromatic rings. The molecule has 0 saturated carbocycles. The standard InChI is InChI=1S/C29H27FN4O2.ClH/c1-19-27(22-10-4-6-12-24(22)31-19)28-20-8-2-3-9-21(20)29(36)34(28)18-26(35)33-16-14-32(15-17-33)25-13-7-5-11-23(25)30;/h2-13,28,31H,14-18H2,1H3;1H. The average Bonchev–Trinajstić information content (AvgIpc) is 3.37. The zero-order valence-corrected chi connectivity index (χ0v) is 21.3. The summed E-state index contributed by atoms with van der Waals surface area (Å²) in [5, 5.41) is 1.06. The maximum Gasteiger partial charge on any atom is 0.255 e. The number of carbonyl (C=O) groups excluding carboxylic acids is 2. The number of halogens is 2. The number of piperazine rings is 1. The second-order valence-electron chi connectivity index (χ2n) is 9.45. The van der Waals surface area contributed by atoms with Crippen LogP contribution in [0, 0.1) is 12.7 Å². The maximum absolute atomic E-state index is 14.2. The van der Waals surface area contributed by atoms with Gasteiger partial charge in [0.25, 0.3) is 5.91 Å². The highest BCUT2D eigenvalue weighted by Gasteiger charge is 2.41. The molecule has 0 bridgehead atoms. The van der Waals surface area contributed by atoms with E-state index in [9.17, 15) is 14.0 Å². The van der Waals surface area contributed by atoms with Gasteiger partial charge in [-0.05, 0) is 36.8 Å². The van der Waals surface area contributed by atoms with Gasteiger partial charge in [-0.3, -0.25) is 9.59 Å². The summed E-state index contributed by atoms with van der Waals surface area (Å²) >= 11 is 0. The molecule has 37 heavy (non-hydrogen) atoms. The Kier molecular flexibility index (Phi) is 6.65. The summed E-state index contributed by atoms with van der Waals surface area (Å²) in [6, 6.07) is 22.1. The molecule has 2 aliphatic rings. The Morgan fingerprint density at radius 1 is 0.946 bits per heavy atom. The van der Waals surface area contributed by atoms with Crippen molar-refractivity contribution in [1.29, 1.82) is 0 Å². The van der Waals surface area contributed by atoms with E-state index in [0.29, 0.717) is 37.4 Å². The van der Waals surface area contributed by atoms with Crippen LogP contribution >= 0.6 is 12.4 Å². The van der Waals surface area contributed by atoms with Crippen LogP contribution in [0.25, 0.3) is 10.9 Å². The molecule has 1 N–H and O–H groups in total. The summed E-state index contributed by atoms with van der Waals surface area (Å²) < 4.78 is 14.2. The fourth-order valence-electron chi connectivity index (χ4n) is 5.65. The van der Waals surface area contributed by atoms with Crippen LogP contribution in [0.4, 0.5) is 10.1 Å². The average molecular weight is 519 g/mol. The SMILES string of the molecule is Cc1[nH]c2ccccc2c1C1c2ccccc2C(=O)N1CC(=O)N1CCN(c2ccccc2F)CC1.Cl. The van der Waals surface area contributed by atoms with Crippen LogP contribution in [0.15, 0.2) is 72.8 Å². The minimum Gasteiger partial charge on any atom is -0.366 e. The highest BCUT2D eigenvalue weighted by Crippen LogP contribution is 2.42. The minimum absolute atomic E-state index is 0. The van der Waals surface area contributed by atoms with E-state index in [4.69, 9.17) is 0 Å². The van der Waals surface area contributed by atoms with E-state index >= 15 is 0 Å². The summed E-state index contributed by atoms with van der Waals surface area (Å²) in [7, 11) is 0. The quantitative estimate of drug-likeness (QED) is 0.417. The van der Waals surface area contributed by atoms with Crippen molar-refractivity contribution in [3.63, 3.8) is 0 Å².